The maximum absolute atomic E-state index is 13.0. The molecule has 2 amide bonds. The summed E-state index contributed by atoms with van der Waals surface area (Å²) in [6.07, 6.45) is 1.21. The minimum Gasteiger partial charge on any atom is -0.444 e. The first kappa shape index (κ1) is 31.0. The molecule has 0 aliphatic heterocycles. The molecular formula is C29H39BrN4O4. The van der Waals surface area contributed by atoms with E-state index in [0.717, 1.165) is 17.3 Å². The van der Waals surface area contributed by atoms with Gasteiger partial charge in [0.2, 0.25) is 11.8 Å². The summed E-state index contributed by atoms with van der Waals surface area (Å²) in [6.45, 7) is 14.7. The second-order valence-electron chi connectivity index (χ2n) is 9.99. The Hall–Kier alpha value is -3.20. The van der Waals surface area contributed by atoms with Crippen LogP contribution in [0.2, 0.25) is 0 Å². The highest BCUT2D eigenvalue weighted by Crippen LogP contribution is 2.26. The Morgan fingerprint density at radius 1 is 1.05 bits per heavy atom. The van der Waals surface area contributed by atoms with E-state index in [1.165, 1.54) is 5.56 Å². The van der Waals surface area contributed by atoms with Gasteiger partial charge in [-0.15, -0.1) is 10.2 Å². The van der Waals surface area contributed by atoms with E-state index in [1.807, 2.05) is 29.2 Å². The number of nitrogens with zero attached hydrogens (tertiary/aromatic N) is 3. The SMILES string of the molecule is CCCN(CCC)C(=O)c1cc(Br)cc(-c2nnc([C@H](C)NC(=O)OC(C)(C)C)o2)c1.Cc1ccccc1. The van der Waals surface area contributed by atoms with Crippen molar-refractivity contribution < 1.29 is 18.7 Å². The number of alkyl carbamates (subject to hydrolysis) is 1. The molecule has 8 nitrogen and oxygen atoms in total. The molecule has 0 saturated carbocycles. The van der Waals surface area contributed by atoms with Crippen molar-refractivity contribution in [2.24, 2.45) is 0 Å². The summed E-state index contributed by atoms with van der Waals surface area (Å²) in [5.74, 6) is 0.471. The Bertz CT molecular complexity index is 1170. The number of hydrogen-bond donors (Lipinski definition) is 1. The Balaban J connectivity index is 0.000000624. The number of rotatable bonds is 8. The van der Waals surface area contributed by atoms with Gasteiger partial charge in [0, 0.05) is 28.7 Å². The molecule has 0 fully saturated rings. The number of hydrogen-bond acceptors (Lipinski definition) is 6. The average Bonchev–Trinajstić information content (AvgIpc) is 3.33. The predicted octanol–water partition coefficient (Wildman–Crippen LogP) is 7.34. The van der Waals surface area contributed by atoms with Gasteiger partial charge in [0.15, 0.2) is 0 Å². The average molecular weight is 588 g/mol. The highest BCUT2D eigenvalue weighted by atomic mass is 79.9. The van der Waals surface area contributed by atoms with Crippen LogP contribution in [0.1, 0.15) is 82.2 Å². The fourth-order valence-corrected chi connectivity index (χ4v) is 3.97. The third-order valence-electron chi connectivity index (χ3n) is 5.15. The minimum absolute atomic E-state index is 0.0362. The van der Waals surface area contributed by atoms with Crippen LogP contribution in [0.25, 0.3) is 11.5 Å². The van der Waals surface area contributed by atoms with Crippen molar-refractivity contribution in [2.45, 2.75) is 73.0 Å². The van der Waals surface area contributed by atoms with Crippen LogP contribution in [0.5, 0.6) is 0 Å². The highest BCUT2D eigenvalue weighted by molar-refractivity contribution is 9.10. The van der Waals surface area contributed by atoms with Crippen LogP contribution in [-0.4, -0.2) is 45.8 Å². The molecule has 0 radical (unpaired) electrons. The number of amides is 2. The molecular weight excluding hydrogens is 548 g/mol. The lowest BCUT2D eigenvalue weighted by Gasteiger charge is -2.21. The standard InChI is InChI=1S/C22H31BrN4O4.C7H8/c1-7-9-27(10-8-2)20(28)16-11-15(12-17(23)13-16)19-26-25-18(30-19)14(3)24-21(29)31-22(4,5)6;1-7-5-3-2-4-6-7/h11-14H,7-10H2,1-6H3,(H,24,29);2-6H,1H3/t14-;/m0./s1. The Labute approximate surface area is 234 Å². The molecule has 206 valence electrons. The Kier molecular flexibility index (Phi) is 12.0. The molecule has 0 unspecified atom stereocenters. The van der Waals surface area contributed by atoms with Gasteiger partial charge >= 0.3 is 6.09 Å². The maximum Gasteiger partial charge on any atom is 0.408 e. The van der Waals surface area contributed by atoms with Gasteiger partial charge in [-0.3, -0.25) is 4.79 Å². The quantitative estimate of drug-likeness (QED) is 0.296. The van der Waals surface area contributed by atoms with Gasteiger partial charge in [-0.05, 0) is 65.7 Å². The van der Waals surface area contributed by atoms with E-state index < -0.39 is 17.7 Å². The smallest absolute Gasteiger partial charge is 0.408 e. The van der Waals surface area contributed by atoms with Crippen molar-refractivity contribution in [3.8, 4) is 11.5 Å². The molecule has 9 heteroatoms. The summed E-state index contributed by atoms with van der Waals surface area (Å²) in [4.78, 5) is 26.8. The van der Waals surface area contributed by atoms with Crippen LogP contribution in [-0.2, 0) is 4.74 Å². The second-order valence-corrected chi connectivity index (χ2v) is 10.9. The number of halogens is 1. The molecule has 0 saturated heterocycles. The summed E-state index contributed by atoms with van der Waals surface area (Å²) >= 11 is 3.47. The monoisotopic (exact) mass is 586 g/mol. The number of nitrogens with one attached hydrogen (secondary N) is 1. The van der Waals surface area contributed by atoms with Gasteiger partial charge in [-0.2, -0.15) is 0 Å². The summed E-state index contributed by atoms with van der Waals surface area (Å²) < 4.78 is 11.8. The minimum atomic E-state index is -0.605. The first-order valence-electron chi connectivity index (χ1n) is 12.9. The van der Waals surface area contributed by atoms with Crippen molar-refractivity contribution in [1.82, 2.24) is 20.4 Å². The van der Waals surface area contributed by atoms with E-state index in [1.54, 1.807) is 39.8 Å². The van der Waals surface area contributed by atoms with Crippen LogP contribution >= 0.6 is 15.9 Å². The van der Waals surface area contributed by atoms with Crippen molar-refractivity contribution in [3.63, 3.8) is 0 Å². The number of aromatic nitrogens is 2. The Morgan fingerprint density at radius 2 is 1.68 bits per heavy atom. The van der Waals surface area contributed by atoms with Gasteiger partial charge in [0.05, 0.1) is 0 Å². The van der Waals surface area contributed by atoms with Crippen LogP contribution in [0.15, 0.2) is 57.4 Å². The number of ether oxygens (including phenoxy) is 1. The number of carbonyl (C=O) groups is 2. The van der Waals surface area contributed by atoms with Crippen LogP contribution in [0, 0.1) is 6.92 Å². The van der Waals surface area contributed by atoms with Crippen LogP contribution < -0.4 is 5.32 Å². The zero-order chi connectivity index (χ0) is 28.3. The first-order chi connectivity index (χ1) is 17.9. The predicted molar refractivity (Wildman–Crippen MR) is 153 cm³/mol. The molecule has 1 heterocycles. The number of aryl methyl sites for hydroxylation is 1. The van der Waals surface area contributed by atoms with Gasteiger partial charge in [0.1, 0.15) is 11.6 Å². The lowest BCUT2D eigenvalue weighted by Crippen LogP contribution is -2.34. The number of carbonyl (C=O) groups excluding carboxylic acids is 2. The lowest BCUT2D eigenvalue weighted by molar-refractivity contribution is 0.0500. The largest absolute Gasteiger partial charge is 0.444 e. The van der Waals surface area contributed by atoms with Crippen molar-refractivity contribution in [2.75, 3.05) is 13.1 Å². The van der Waals surface area contributed by atoms with E-state index in [0.29, 0.717) is 24.2 Å². The molecule has 1 aromatic heterocycles. The lowest BCUT2D eigenvalue weighted by atomic mass is 10.1. The summed E-state index contributed by atoms with van der Waals surface area (Å²) in [5, 5.41) is 10.8. The fourth-order valence-electron chi connectivity index (χ4n) is 3.48. The van der Waals surface area contributed by atoms with Crippen molar-refractivity contribution in [1.29, 1.82) is 0 Å². The summed E-state index contributed by atoms with van der Waals surface area (Å²) in [7, 11) is 0. The van der Waals surface area contributed by atoms with E-state index in [2.05, 4.69) is 64.3 Å². The Morgan fingerprint density at radius 3 is 2.21 bits per heavy atom. The topological polar surface area (TPSA) is 97.6 Å². The molecule has 1 N–H and O–H groups in total. The van der Waals surface area contributed by atoms with Gasteiger partial charge in [-0.25, -0.2) is 4.79 Å². The van der Waals surface area contributed by atoms with Crippen LogP contribution in [0.3, 0.4) is 0 Å². The van der Waals surface area contributed by atoms with E-state index in [4.69, 9.17) is 9.15 Å². The molecule has 0 aliphatic rings. The van der Waals surface area contributed by atoms with Crippen molar-refractivity contribution >= 4 is 27.9 Å². The molecule has 38 heavy (non-hydrogen) atoms. The zero-order valence-corrected chi connectivity index (χ0v) is 25.0. The molecule has 0 bridgehead atoms. The summed E-state index contributed by atoms with van der Waals surface area (Å²) in [6, 6.07) is 15.1. The summed E-state index contributed by atoms with van der Waals surface area (Å²) in [5.41, 5.74) is 1.88. The third-order valence-corrected chi connectivity index (χ3v) is 5.61. The van der Waals surface area contributed by atoms with Gasteiger partial charge in [0.25, 0.3) is 5.91 Å². The first-order valence-corrected chi connectivity index (χ1v) is 13.7. The molecule has 3 rings (SSSR count). The number of benzene rings is 2. The van der Waals surface area contributed by atoms with Gasteiger partial charge < -0.3 is 19.4 Å². The van der Waals surface area contributed by atoms with Crippen LogP contribution in [0.4, 0.5) is 4.79 Å². The fraction of sp³-hybridized carbons (Fsp3) is 0.448. The maximum atomic E-state index is 13.0. The normalized spacial score (nSPS) is 11.7. The van der Waals surface area contributed by atoms with E-state index >= 15 is 0 Å². The van der Waals surface area contributed by atoms with E-state index in [-0.39, 0.29) is 17.7 Å². The molecule has 3 aromatic rings. The second kappa shape index (κ2) is 14.7. The zero-order valence-electron chi connectivity index (χ0n) is 23.4. The van der Waals surface area contributed by atoms with Gasteiger partial charge in [-0.1, -0.05) is 65.7 Å². The molecule has 1 atom stereocenters. The van der Waals surface area contributed by atoms with Crippen molar-refractivity contribution in [3.05, 3.63) is 70.0 Å². The molecule has 0 aliphatic carbocycles. The van der Waals surface area contributed by atoms with E-state index in [9.17, 15) is 9.59 Å². The molecule has 0 spiro atoms. The highest BCUT2D eigenvalue weighted by Gasteiger charge is 2.22. The molecule has 2 aromatic carbocycles. The third kappa shape index (κ3) is 10.3.